The molecule has 1 aromatic rings. The van der Waals surface area contributed by atoms with Crippen LogP contribution in [0.15, 0.2) is 17.1 Å². The van der Waals surface area contributed by atoms with Crippen molar-refractivity contribution in [2.45, 2.75) is 0 Å². The molecule has 0 fully saturated rings. The summed E-state index contributed by atoms with van der Waals surface area (Å²) in [5.41, 5.74) is 0. The van der Waals surface area contributed by atoms with Gasteiger partial charge in [0.05, 0.1) is 11.3 Å². The Bertz CT molecular complexity index is 411. The summed E-state index contributed by atoms with van der Waals surface area (Å²) in [5.74, 6) is -0.471. The topological polar surface area (TPSA) is 75.8 Å². The third-order valence-corrected chi connectivity index (χ3v) is 2.41. The van der Waals surface area contributed by atoms with Gasteiger partial charge in [-0.1, -0.05) is 11.3 Å². The molecule has 1 heterocycles. The minimum atomic E-state index is -0.531. The number of hydrogen-bond donors (Lipinski definition) is 0. The Kier molecular flexibility index (Phi) is 3.51. The molecule has 0 aliphatic carbocycles. The largest absolute Gasteiger partial charge is 0.369 e. The van der Waals surface area contributed by atoms with Gasteiger partial charge in [0.2, 0.25) is 0 Å². The van der Waals surface area contributed by atoms with Crippen LogP contribution in [0.25, 0.3) is 0 Å². The molecule has 1 aromatic heterocycles. The molecule has 1 rings (SSSR count). The Labute approximate surface area is 90.0 Å². The van der Waals surface area contributed by atoms with Gasteiger partial charge in [-0.2, -0.15) is 4.99 Å². The number of rotatable bonds is 3. The van der Waals surface area contributed by atoms with Gasteiger partial charge in [0.25, 0.3) is 5.91 Å². The number of thiophene rings is 1. The molecular weight excluding hydrogens is 218 g/mol. The van der Waals surface area contributed by atoms with Crippen molar-refractivity contribution in [3.05, 3.63) is 27.1 Å². The van der Waals surface area contributed by atoms with E-state index >= 15 is 0 Å². The molecule has 0 saturated carbocycles. The van der Waals surface area contributed by atoms with Gasteiger partial charge >= 0.3 is 5.00 Å². The van der Waals surface area contributed by atoms with E-state index in [4.69, 9.17) is 0 Å². The molecular formula is C8H9N3O3S. The smallest absolute Gasteiger partial charge is 0.324 e. The molecule has 0 aliphatic rings. The van der Waals surface area contributed by atoms with Crippen LogP contribution in [0, 0.1) is 10.1 Å². The monoisotopic (exact) mass is 227 g/mol. The molecule has 80 valence electrons. The molecule has 0 radical (unpaired) electrons. The number of hydrogen-bond acceptors (Lipinski definition) is 4. The van der Waals surface area contributed by atoms with Crippen molar-refractivity contribution in [3.8, 4) is 0 Å². The first-order valence-electron chi connectivity index (χ1n) is 4.00. The zero-order chi connectivity index (χ0) is 11.4. The van der Waals surface area contributed by atoms with E-state index in [-0.39, 0.29) is 9.88 Å². The van der Waals surface area contributed by atoms with E-state index in [1.54, 1.807) is 19.0 Å². The van der Waals surface area contributed by atoms with E-state index in [0.29, 0.717) is 0 Å². The van der Waals surface area contributed by atoms with Gasteiger partial charge in [0, 0.05) is 20.2 Å². The number of nitro groups is 1. The molecule has 0 spiro atoms. The van der Waals surface area contributed by atoms with Crippen molar-refractivity contribution < 1.29 is 9.72 Å². The minimum absolute atomic E-state index is 0.0570. The lowest BCUT2D eigenvalue weighted by molar-refractivity contribution is -0.380. The molecule has 0 aliphatic heterocycles. The highest BCUT2D eigenvalue weighted by Crippen LogP contribution is 2.24. The number of carbonyl (C=O) groups excluding carboxylic acids is 1. The molecule has 1 amide bonds. The number of nitrogens with zero attached hydrogens (tertiary/aromatic N) is 3. The molecule has 0 saturated heterocycles. The Balaban J connectivity index is 2.79. The Morgan fingerprint density at radius 2 is 2.27 bits per heavy atom. The third kappa shape index (κ3) is 3.13. The molecule has 15 heavy (non-hydrogen) atoms. The fourth-order valence-corrected chi connectivity index (χ4v) is 1.48. The van der Waals surface area contributed by atoms with Gasteiger partial charge < -0.3 is 4.90 Å². The van der Waals surface area contributed by atoms with E-state index in [1.165, 1.54) is 18.5 Å². The van der Waals surface area contributed by atoms with Crippen LogP contribution in [0.4, 0.5) is 5.00 Å². The quantitative estimate of drug-likeness (QED) is 0.338. The number of carbonyl (C=O) groups is 1. The van der Waals surface area contributed by atoms with Crippen molar-refractivity contribution in [3.63, 3.8) is 0 Å². The van der Waals surface area contributed by atoms with Crippen LogP contribution in [0.5, 0.6) is 0 Å². The lowest BCUT2D eigenvalue weighted by Crippen LogP contribution is -2.09. The maximum absolute atomic E-state index is 11.3. The summed E-state index contributed by atoms with van der Waals surface area (Å²) in [5, 5.41) is 10.3. The highest BCUT2D eigenvalue weighted by molar-refractivity contribution is 7.17. The Hall–Kier alpha value is -1.76. The van der Waals surface area contributed by atoms with Crippen LogP contribution in [-0.2, 0) is 0 Å². The summed E-state index contributed by atoms with van der Waals surface area (Å²) in [6.07, 6.45) is 1.36. The van der Waals surface area contributed by atoms with Crippen LogP contribution in [-0.4, -0.2) is 36.2 Å². The van der Waals surface area contributed by atoms with Gasteiger partial charge in [-0.3, -0.25) is 14.9 Å². The molecule has 0 unspecified atom stereocenters. The standard InChI is InChI=1S/C8H9N3O3S/c1-10(2)5-9-8(12)6-3-4-7(15-6)11(13)14/h3-5H,1-2H3. The van der Waals surface area contributed by atoms with Crippen LogP contribution < -0.4 is 0 Å². The maximum Gasteiger partial charge on any atom is 0.324 e. The maximum atomic E-state index is 11.3. The van der Waals surface area contributed by atoms with Gasteiger partial charge in [0.15, 0.2) is 0 Å². The van der Waals surface area contributed by atoms with Gasteiger partial charge in [-0.15, -0.1) is 0 Å². The van der Waals surface area contributed by atoms with E-state index in [2.05, 4.69) is 4.99 Å². The van der Waals surface area contributed by atoms with Gasteiger partial charge in [-0.05, 0) is 6.07 Å². The second-order valence-electron chi connectivity index (χ2n) is 2.91. The predicted octanol–water partition coefficient (Wildman–Crippen LogP) is 1.39. The Morgan fingerprint density at radius 1 is 1.60 bits per heavy atom. The molecule has 0 bridgehead atoms. The van der Waals surface area contributed by atoms with Crippen molar-refractivity contribution in [2.24, 2.45) is 4.99 Å². The zero-order valence-electron chi connectivity index (χ0n) is 8.21. The first-order chi connectivity index (χ1) is 7.00. The van der Waals surface area contributed by atoms with Crippen LogP contribution >= 0.6 is 11.3 Å². The molecule has 0 N–H and O–H groups in total. The fourth-order valence-electron chi connectivity index (χ4n) is 0.772. The summed E-state index contributed by atoms with van der Waals surface area (Å²) in [4.78, 5) is 26.7. The van der Waals surface area contributed by atoms with E-state index in [1.807, 2.05) is 0 Å². The third-order valence-electron chi connectivity index (χ3n) is 1.39. The molecule has 6 nitrogen and oxygen atoms in total. The molecule has 0 atom stereocenters. The van der Waals surface area contributed by atoms with Crippen molar-refractivity contribution >= 4 is 28.6 Å². The highest BCUT2D eigenvalue weighted by Gasteiger charge is 2.14. The second-order valence-corrected chi connectivity index (χ2v) is 3.97. The zero-order valence-corrected chi connectivity index (χ0v) is 9.02. The van der Waals surface area contributed by atoms with Crippen LogP contribution in [0.3, 0.4) is 0 Å². The average molecular weight is 227 g/mol. The van der Waals surface area contributed by atoms with Crippen molar-refractivity contribution in [1.29, 1.82) is 0 Å². The second kappa shape index (κ2) is 4.65. The highest BCUT2D eigenvalue weighted by atomic mass is 32.1. The lowest BCUT2D eigenvalue weighted by Gasteiger charge is -2.00. The van der Waals surface area contributed by atoms with Gasteiger partial charge in [-0.25, -0.2) is 0 Å². The van der Waals surface area contributed by atoms with Crippen molar-refractivity contribution in [1.82, 2.24) is 4.90 Å². The first kappa shape index (κ1) is 11.3. The summed E-state index contributed by atoms with van der Waals surface area (Å²) in [7, 11) is 3.46. The SMILES string of the molecule is CN(C)C=NC(=O)c1ccc([N+](=O)[O-])s1. The average Bonchev–Trinajstić information content (AvgIpc) is 2.62. The normalized spacial score (nSPS) is 10.5. The molecule has 0 aromatic carbocycles. The molecule has 7 heteroatoms. The first-order valence-corrected chi connectivity index (χ1v) is 4.81. The summed E-state index contributed by atoms with van der Waals surface area (Å²) in [6, 6.07) is 2.70. The number of amides is 1. The van der Waals surface area contributed by atoms with Crippen molar-refractivity contribution in [2.75, 3.05) is 14.1 Å². The lowest BCUT2D eigenvalue weighted by atomic mass is 10.4. The van der Waals surface area contributed by atoms with Crippen LogP contribution in [0.1, 0.15) is 9.67 Å². The van der Waals surface area contributed by atoms with E-state index in [9.17, 15) is 14.9 Å². The van der Waals surface area contributed by atoms with Gasteiger partial charge in [0.1, 0.15) is 4.88 Å². The van der Waals surface area contributed by atoms with Crippen LogP contribution in [0.2, 0.25) is 0 Å². The van der Waals surface area contributed by atoms with E-state index < -0.39 is 10.8 Å². The summed E-state index contributed by atoms with van der Waals surface area (Å²) in [6.45, 7) is 0. The Morgan fingerprint density at radius 3 is 2.73 bits per heavy atom. The fraction of sp³-hybridized carbons (Fsp3) is 0.250. The predicted molar refractivity (Wildman–Crippen MR) is 57.5 cm³/mol. The van der Waals surface area contributed by atoms with E-state index in [0.717, 1.165) is 11.3 Å². The summed E-state index contributed by atoms with van der Waals surface area (Å²) < 4.78 is 0. The minimum Gasteiger partial charge on any atom is -0.369 e. The number of aliphatic imine (C=N–C) groups is 1. The summed E-state index contributed by atoms with van der Waals surface area (Å²) >= 11 is 0.820.